The molecule has 1 amide bonds. The van der Waals surface area contributed by atoms with Crippen molar-refractivity contribution in [3.05, 3.63) is 28.2 Å². The molecule has 0 aromatic heterocycles. The number of nitrogens with zero attached hydrogens (tertiary/aromatic N) is 2. The second-order valence-corrected chi connectivity index (χ2v) is 7.71. The van der Waals surface area contributed by atoms with Gasteiger partial charge in [-0.05, 0) is 39.0 Å². The highest BCUT2D eigenvalue weighted by Crippen LogP contribution is 2.26. The molecule has 2 rings (SSSR count). The molecule has 1 unspecified atom stereocenters. The van der Waals surface area contributed by atoms with E-state index >= 15 is 0 Å². The second kappa shape index (κ2) is 7.43. The fourth-order valence-corrected chi connectivity index (χ4v) is 3.04. The summed E-state index contributed by atoms with van der Waals surface area (Å²) in [5.74, 6) is -1.11. The molecule has 7 nitrogen and oxygen atoms in total. The molecule has 136 valence electrons. The van der Waals surface area contributed by atoms with Crippen molar-refractivity contribution >= 4 is 40.0 Å². The summed E-state index contributed by atoms with van der Waals surface area (Å²) in [4.78, 5) is 38.3. The number of hydrogen-bond donors (Lipinski definition) is 1. The predicted molar refractivity (Wildman–Crippen MR) is 96.1 cm³/mol. The van der Waals surface area contributed by atoms with Crippen LogP contribution in [0.15, 0.2) is 22.7 Å². The van der Waals surface area contributed by atoms with Gasteiger partial charge in [-0.1, -0.05) is 15.9 Å². The molecule has 1 atom stereocenters. The van der Waals surface area contributed by atoms with E-state index in [4.69, 9.17) is 4.74 Å². The fourth-order valence-electron chi connectivity index (χ4n) is 2.66. The predicted octanol–water partition coefficient (Wildman–Crippen LogP) is 2.77. The quantitative estimate of drug-likeness (QED) is 0.767. The van der Waals surface area contributed by atoms with Gasteiger partial charge < -0.3 is 14.7 Å². The average Bonchev–Trinajstić information content (AvgIpc) is 2.52. The van der Waals surface area contributed by atoms with Crippen molar-refractivity contribution < 1.29 is 24.2 Å². The highest BCUT2D eigenvalue weighted by atomic mass is 79.9. The molecule has 8 heteroatoms. The van der Waals surface area contributed by atoms with Gasteiger partial charge in [0.05, 0.1) is 0 Å². The summed E-state index contributed by atoms with van der Waals surface area (Å²) in [6.45, 7) is 5.88. The van der Waals surface area contributed by atoms with Crippen LogP contribution in [0.5, 0.6) is 0 Å². The summed E-state index contributed by atoms with van der Waals surface area (Å²) in [5, 5.41) is 9.54. The number of rotatable bonds is 3. The molecule has 25 heavy (non-hydrogen) atoms. The zero-order chi connectivity index (χ0) is 18.8. The van der Waals surface area contributed by atoms with Crippen LogP contribution in [0.1, 0.15) is 31.1 Å². The largest absolute Gasteiger partial charge is 0.480 e. The average molecular weight is 413 g/mol. The first-order valence-corrected chi connectivity index (χ1v) is 8.64. The van der Waals surface area contributed by atoms with Gasteiger partial charge in [-0.3, -0.25) is 9.69 Å². The van der Waals surface area contributed by atoms with E-state index in [1.165, 1.54) is 4.90 Å². The van der Waals surface area contributed by atoms with Crippen LogP contribution in [-0.2, 0) is 9.53 Å². The highest BCUT2D eigenvalue weighted by Gasteiger charge is 2.38. The molecule has 1 N–H and O–H groups in total. The van der Waals surface area contributed by atoms with Gasteiger partial charge in [0, 0.05) is 35.4 Å². The second-order valence-electron chi connectivity index (χ2n) is 6.79. The van der Waals surface area contributed by atoms with Crippen LogP contribution in [0.3, 0.4) is 0 Å². The molecule has 1 aliphatic rings. The maximum Gasteiger partial charge on any atom is 0.411 e. The maximum absolute atomic E-state index is 12.3. The topological polar surface area (TPSA) is 87.2 Å². The Morgan fingerprint density at radius 3 is 2.56 bits per heavy atom. The lowest BCUT2D eigenvalue weighted by atomic mass is 10.1. The maximum atomic E-state index is 12.3. The molecular weight excluding hydrogens is 392 g/mol. The first-order chi connectivity index (χ1) is 11.6. The Kier molecular flexibility index (Phi) is 5.72. The van der Waals surface area contributed by atoms with Crippen molar-refractivity contribution in [1.82, 2.24) is 4.90 Å². The fraction of sp³-hybridized carbons (Fsp3) is 0.471. The summed E-state index contributed by atoms with van der Waals surface area (Å²) in [5.41, 5.74) is 0.408. The lowest BCUT2D eigenvalue weighted by Gasteiger charge is -2.41. The Balaban J connectivity index is 2.23. The summed E-state index contributed by atoms with van der Waals surface area (Å²) in [7, 11) is 0. The zero-order valence-electron chi connectivity index (χ0n) is 14.4. The zero-order valence-corrected chi connectivity index (χ0v) is 15.9. The van der Waals surface area contributed by atoms with Gasteiger partial charge in [0.25, 0.3) is 0 Å². The van der Waals surface area contributed by atoms with E-state index in [9.17, 15) is 19.5 Å². The van der Waals surface area contributed by atoms with Crippen molar-refractivity contribution in [3.63, 3.8) is 0 Å². The van der Waals surface area contributed by atoms with Crippen LogP contribution in [0.25, 0.3) is 0 Å². The van der Waals surface area contributed by atoms with Gasteiger partial charge in [-0.25, -0.2) is 9.59 Å². The summed E-state index contributed by atoms with van der Waals surface area (Å²) < 4.78 is 6.07. The molecule has 1 fully saturated rings. The van der Waals surface area contributed by atoms with E-state index in [1.807, 2.05) is 0 Å². The first-order valence-electron chi connectivity index (χ1n) is 7.84. The Hall–Kier alpha value is -2.09. The standard InChI is InChI=1S/C17H21BrN2O5/c1-17(2,3)25-16(24)20-7-6-19(9-14(20)15(22)23)13-5-4-12(18)8-11(13)10-21/h4-5,8,10,14H,6-7,9H2,1-3H3,(H,22,23). The normalized spacial score (nSPS) is 18.0. The number of carboxylic acids is 1. The van der Waals surface area contributed by atoms with Crippen molar-refractivity contribution in [1.29, 1.82) is 0 Å². The minimum Gasteiger partial charge on any atom is -0.480 e. The molecule has 0 saturated carbocycles. The number of hydrogen-bond acceptors (Lipinski definition) is 5. The number of halogens is 1. The molecule has 0 bridgehead atoms. The number of piperazine rings is 1. The van der Waals surface area contributed by atoms with Crippen LogP contribution in [0, 0.1) is 0 Å². The van der Waals surface area contributed by atoms with E-state index < -0.39 is 23.7 Å². The molecule has 0 radical (unpaired) electrons. The van der Waals surface area contributed by atoms with Crippen molar-refractivity contribution in [2.75, 3.05) is 24.5 Å². The number of anilines is 1. The molecule has 1 aliphatic heterocycles. The molecule has 1 heterocycles. The third kappa shape index (κ3) is 4.72. The lowest BCUT2D eigenvalue weighted by Crippen LogP contribution is -2.59. The Morgan fingerprint density at radius 2 is 2.00 bits per heavy atom. The number of carbonyl (C=O) groups is 3. The summed E-state index contributed by atoms with van der Waals surface area (Å²) in [6, 6.07) is 4.18. The third-order valence-electron chi connectivity index (χ3n) is 3.75. The highest BCUT2D eigenvalue weighted by molar-refractivity contribution is 9.10. The van der Waals surface area contributed by atoms with Crippen molar-refractivity contribution in [2.45, 2.75) is 32.4 Å². The monoisotopic (exact) mass is 412 g/mol. The van der Waals surface area contributed by atoms with Crippen LogP contribution in [-0.4, -0.2) is 59.6 Å². The van der Waals surface area contributed by atoms with Crippen LogP contribution >= 0.6 is 15.9 Å². The minimum absolute atomic E-state index is 0.0804. The Labute approximate surface area is 154 Å². The summed E-state index contributed by atoms with van der Waals surface area (Å²) in [6.07, 6.45) is 0.0850. The van der Waals surface area contributed by atoms with Crippen LogP contribution in [0.4, 0.5) is 10.5 Å². The number of aliphatic carboxylic acids is 1. The van der Waals surface area contributed by atoms with Gasteiger partial charge in [-0.15, -0.1) is 0 Å². The van der Waals surface area contributed by atoms with Gasteiger partial charge in [0.15, 0.2) is 6.29 Å². The molecule has 1 aromatic carbocycles. The number of amides is 1. The number of carboxylic acid groups (broad SMARTS) is 1. The Morgan fingerprint density at radius 1 is 1.32 bits per heavy atom. The van der Waals surface area contributed by atoms with E-state index in [2.05, 4.69) is 15.9 Å². The molecule has 1 saturated heterocycles. The SMILES string of the molecule is CC(C)(C)OC(=O)N1CCN(c2ccc(Br)cc2C=O)CC1C(=O)O. The van der Waals surface area contributed by atoms with Gasteiger partial charge in [-0.2, -0.15) is 0 Å². The smallest absolute Gasteiger partial charge is 0.411 e. The molecule has 0 aliphatic carbocycles. The first kappa shape index (κ1) is 19.2. The molecular formula is C17H21BrN2O5. The van der Waals surface area contributed by atoms with E-state index in [0.29, 0.717) is 17.8 Å². The number of benzene rings is 1. The van der Waals surface area contributed by atoms with E-state index in [1.54, 1.807) is 43.9 Å². The van der Waals surface area contributed by atoms with Crippen molar-refractivity contribution in [2.24, 2.45) is 0 Å². The molecule has 1 aromatic rings. The summed E-state index contributed by atoms with van der Waals surface area (Å²) >= 11 is 3.31. The van der Waals surface area contributed by atoms with E-state index in [0.717, 1.165) is 10.8 Å². The lowest BCUT2D eigenvalue weighted by molar-refractivity contribution is -0.143. The number of ether oxygens (including phenoxy) is 1. The van der Waals surface area contributed by atoms with E-state index in [-0.39, 0.29) is 13.1 Å². The molecule has 0 spiro atoms. The van der Waals surface area contributed by atoms with Crippen LogP contribution < -0.4 is 4.90 Å². The van der Waals surface area contributed by atoms with Gasteiger partial charge in [0.2, 0.25) is 0 Å². The van der Waals surface area contributed by atoms with Crippen molar-refractivity contribution in [3.8, 4) is 0 Å². The third-order valence-corrected chi connectivity index (χ3v) is 4.24. The Bertz CT molecular complexity index is 686. The van der Waals surface area contributed by atoms with Gasteiger partial charge in [0.1, 0.15) is 11.6 Å². The minimum atomic E-state index is -1.11. The van der Waals surface area contributed by atoms with Crippen LogP contribution in [0.2, 0.25) is 0 Å². The number of aldehydes is 1. The van der Waals surface area contributed by atoms with Gasteiger partial charge >= 0.3 is 12.1 Å². The number of carbonyl (C=O) groups excluding carboxylic acids is 2.